The standard InChI is InChI=1S/C16H20N2O/c1-4-13-7-9-14(10-8-13)19-16-15(12(2)17-3)6-5-11-18-16/h5-12,17H,4H2,1-3H3. The van der Waals surface area contributed by atoms with E-state index in [0.29, 0.717) is 5.88 Å². The molecule has 1 aromatic heterocycles. The van der Waals surface area contributed by atoms with Crippen molar-refractivity contribution >= 4 is 0 Å². The largest absolute Gasteiger partial charge is 0.439 e. The molecule has 1 atom stereocenters. The van der Waals surface area contributed by atoms with E-state index in [9.17, 15) is 0 Å². The fourth-order valence-electron chi connectivity index (χ4n) is 1.88. The molecule has 3 heteroatoms. The molecule has 0 aliphatic rings. The average Bonchev–Trinajstić information content (AvgIpc) is 2.48. The van der Waals surface area contributed by atoms with Gasteiger partial charge >= 0.3 is 0 Å². The average molecular weight is 256 g/mol. The van der Waals surface area contributed by atoms with Crippen LogP contribution in [0.15, 0.2) is 42.6 Å². The molecule has 0 saturated heterocycles. The van der Waals surface area contributed by atoms with Gasteiger partial charge in [-0.2, -0.15) is 0 Å². The van der Waals surface area contributed by atoms with Gasteiger partial charge in [-0.1, -0.05) is 25.1 Å². The predicted octanol–water partition coefficient (Wildman–Crippen LogP) is 3.72. The van der Waals surface area contributed by atoms with Gasteiger partial charge in [-0.3, -0.25) is 0 Å². The van der Waals surface area contributed by atoms with Crippen LogP contribution in [0.2, 0.25) is 0 Å². The number of aromatic nitrogens is 1. The van der Waals surface area contributed by atoms with Crippen LogP contribution >= 0.6 is 0 Å². The lowest BCUT2D eigenvalue weighted by molar-refractivity contribution is 0.446. The summed E-state index contributed by atoms with van der Waals surface area (Å²) >= 11 is 0. The van der Waals surface area contributed by atoms with Gasteiger partial charge in [-0.25, -0.2) is 4.98 Å². The highest BCUT2D eigenvalue weighted by Gasteiger charge is 2.11. The Hall–Kier alpha value is -1.87. The second-order valence-electron chi connectivity index (χ2n) is 4.51. The zero-order valence-corrected chi connectivity index (χ0v) is 11.7. The first-order chi connectivity index (χ1) is 9.24. The summed E-state index contributed by atoms with van der Waals surface area (Å²) < 4.78 is 5.88. The van der Waals surface area contributed by atoms with Crippen LogP contribution in [0.5, 0.6) is 11.6 Å². The Morgan fingerprint density at radius 3 is 2.58 bits per heavy atom. The maximum atomic E-state index is 5.88. The number of nitrogens with zero attached hydrogens (tertiary/aromatic N) is 1. The molecule has 1 aromatic carbocycles. The van der Waals surface area contributed by atoms with Crippen molar-refractivity contribution in [3.63, 3.8) is 0 Å². The van der Waals surface area contributed by atoms with Crippen molar-refractivity contribution < 1.29 is 4.74 Å². The highest BCUT2D eigenvalue weighted by Crippen LogP contribution is 2.27. The van der Waals surface area contributed by atoms with E-state index in [0.717, 1.165) is 17.7 Å². The molecule has 3 nitrogen and oxygen atoms in total. The van der Waals surface area contributed by atoms with Crippen LogP contribution in [0.25, 0.3) is 0 Å². The normalized spacial score (nSPS) is 12.2. The lowest BCUT2D eigenvalue weighted by Crippen LogP contribution is -2.13. The highest BCUT2D eigenvalue weighted by atomic mass is 16.5. The molecule has 0 fully saturated rings. The molecule has 0 radical (unpaired) electrons. The molecule has 0 saturated carbocycles. The van der Waals surface area contributed by atoms with Crippen LogP contribution in [-0.4, -0.2) is 12.0 Å². The molecule has 0 spiro atoms. The zero-order valence-electron chi connectivity index (χ0n) is 11.7. The summed E-state index contributed by atoms with van der Waals surface area (Å²) in [7, 11) is 1.93. The van der Waals surface area contributed by atoms with E-state index in [4.69, 9.17) is 4.74 Å². The van der Waals surface area contributed by atoms with Crippen LogP contribution in [0.1, 0.15) is 31.0 Å². The van der Waals surface area contributed by atoms with Gasteiger partial charge in [0.15, 0.2) is 0 Å². The number of pyridine rings is 1. The summed E-state index contributed by atoms with van der Waals surface area (Å²) in [6.07, 6.45) is 2.79. The van der Waals surface area contributed by atoms with E-state index in [-0.39, 0.29) is 6.04 Å². The molecule has 19 heavy (non-hydrogen) atoms. The number of aryl methyl sites for hydroxylation is 1. The smallest absolute Gasteiger partial charge is 0.223 e. The Bertz CT molecular complexity index is 523. The van der Waals surface area contributed by atoms with Crippen molar-refractivity contribution in [1.82, 2.24) is 10.3 Å². The van der Waals surface area contributed by atoms with Crippen LogP contribution in [0, 0.1) is 0 Å². The second-order valence-corrected chi connectivity index (χ2v) is 4.51. The molecule has 0 bridgehead atoms. The molecule has 1 unspecified atom stereocenters. The van der Waals surface area contributed by atoms with Gasteiger partial charge in [0.25, 0.3) is 0 Å². The van der Waals surface area contributed by atoms with Crippen molar-refractivity contribution in [3.05, 3.63) is 53.7 Å². The zero-order chi connectivity index (χ0) is 13.7. The summed E-state index contributed by atoms with van der Waals surface area (Å²) in [6, 6.07) is 12.3. The summed E-state index contributed by atoms with van der Waals surface area (Å²) in [5, 5.41) is 3.21. The lowest BCUT2D eigenvalue weighted by Gasteiger charge is -2.15. The second kappa shape index (κ2) is 6.34. The number of hydrogen-bond donors (Lipinski definition) is 1. The van der Waals surface area contributed by atoms with E-state index < -0.39 is 0 Å². The molecule has 1 N–H and O–H groups in total. The SMILES string of the molecule is CCc1ccc(Oc2ncccc2C(C)NC)cc1. The highest BCUT2D eigenvalue weighted by molar-refractivity contribution is 5.35. The molecular formula is C16H20N2O. The number of nitrogens with one attached hydrogen (secondary N) is 1. The van der Waals surface area contributed by atoms with Crippen molar-refractivity contribution in [2.45, 2.75) is 26.3 Å². The van der Waals surface area contributed by atoms with E-state index in [2.05, 4.69) is 36.3 Å². The van der Waals surface area contributed by atoms with E-state index in [1.165, 1.54) is 5.56 Å². The monoisotopic (exact) mass is 256 g/mol. The fraction of sp³-hybridized carbons (Fsp3) is 0.312. The van der Waals surface area contributed by atoms with Crippen LogP contribution in [0.3, 0.4) is 0 Å². The van der Waals surface area contributed by atoms with Crippen molar-refractivity contribution in [2.75, 3.05) is 7.05 Å². The fourth-order valence-corrected chi connectivity index (χ4v) is 1.88. The van der Waals surface area contributed by atoms with E-state index in [1.807, 2.05) is 31.3 Å². The minimum Gasteiger partial charge on any atom is -0.439 e. The van der Waals surface area contributed by atoms with Crippen LogP contribution in [-0.2, 0) is 6.42 Å². The third-order valence-electron chi connectivity index (χ3n) is 3.25. The molecule has 2 rings (SSSR count). The molecule has 0 aliphatic heterocycles. The van der Waals surface area contributed by atoms with Crippen LogP contribution in [0.4, 0.5) is 0 Å². The van der Waals surface area contributed by atoms with Gasteiger partial charge in [0.05, 0.1) is 0 Å². The van der Waals surface area contributed by atoms with Gasteiger partial charge in [-0.15, -0.1) is 0 Å². The van der Waals surface area contributed by atoms with Crippen molar-refractivity contribution in [3.8, 4) is 11.6 Å². The van der Waals surface area contributed by atoms with Crippen LogP contribution < -0.4 is 10.1 Å². The predicted molar refractivity (Wildman–Crippen MR) is 77.6 cm³/mol. The summed E-state index contributed by atoms with van der Waals surface area (Å²) in [5.41, 5.74) is 2.36. The maximum Gasteiger partial charge on any atom is 0.223 e. The lowest BCUT2D eigenvalue weighted by atomic mass is 10.1. The Morgan fingerprint density at radius 1 is 1.21 bits per heavy atom. The summed E-state index contributed by atoms with van der Waals surface area (Å²) in [4.78, 5) is 4.32. The minimum atomic E-state index is 0.207. The minimum absolute atomic E-state index is 0.207. The topological polar surface area (TPSA) is 34.1 Å². The Morgan fingerprint density at radius 2 is 1.95 bits per heavy atom. The number of hydrogen-bond acceptors (Lipinski definition) is 3. The molecule has 2 aromatic rings. The van der Waals surface area contributed by atoms with E-state index >= 15 is 0 Å². The van der Waals surface area contributed by atoms with Gasteiger partial charge in [-0.05, 0) is 44.2 Å². The summed E-state index contributed by atoms with van der Waals surface area (Å²) in [6.45, 7) is 4.23. The van der Waals surface area contributed by atoms with Gasteiger partial charge < -0.3 is 10.1 Å². The number of ether oxygens (including phenoxy) is 1. The van der Waals surface area contributed by atoms with E-state index in [1.54, 1.807) is 6.20 Å². The number of benzene rings is 1. The van der Waals surface area contributed by atoms with Gasteiger partial charge in [0, 0.05) is 17.8 Å². The molecular weight excluding hydrogens is 236 g/mol. The van der Waals surface area contributed by atoms with Gasteiger partial charge in [0.1, 0.15) is 5.75 Å². The Balaban J connectivity index is 2.22. The first-order valence-corrected chi connectivity index (χ1v) is 6.63. The Labute approximate surface area is 114 Å². The van der Waals surface area contributed by atoms with Crippen molar-refractivity contribution in [2.24, 2.45) is 0 Å². The van der Waals surface area contributed by atoms with Crippen molar-refractivity contribution in [1.29, 1.82) is 0 Å². The molecule has 100 valence electrons. The number of rotatable bonds is 5. The Kier molecular flexibility index (Phi) is 4.53. The summed E-state index contributed by atoms with van der Waals surface area (Å²) in [5.74, 6) is 1.48. The van der Waals surface area contributed by atoms with Gasteiger partial charge in [0.2, 0.25) is 5.88 Å². The molecule has 0 amide bonds. The first-order valence-electron chi connectivity index (χ1n) is 6.63. The quantitative estimate of drug-likeness (QED) is 0.885. The molecule has 1 heterocycles. The third-order valence-corrected chi connectivity index (χ3v) is 3.25. The first kappa shape index (κ1) is 13.6. The maximum absolute atomic E-state index is 5.88. The molecule has 0 aliphatic carbocycles. The third kappa shape index (κ3) is 3.32.